The summed E-state index contributed by atoms with van der Waals surface area (Å²) < 4.78 is 0. The molecule has 36 heavy (non-hydrogen) atoms. The van der Waals surface area contributed by atoms with Gasteiger partial charge in [0.2, 0.25) is 0 Å². The van der Waals surface area contributed by atoms with Gasteiger partial charge in [0.1, 0.15) is 11.5 Å². The standard InChI is InChI=1S/C25H24Cl2N4O4S/c26-18-9-4-10-19(27)22(18)29-25(35)30-23-17(12-20(36-23)15-6-5-11-28-13-15)24(34)31(14-21(32)33)16-7-2-1-3-8-16/h4-6,9-13,16H,1-3,7-8,14H2,(H,32,33)(H2,29,30,35). The number of benzene rings is 1. The fourth-order valence-electron chi connectivity index (χ4n) is 4.22. The fraction of sp³-hybridized carbons (Fsp3) is 0.280. The Bertz CT molecular complexity index is 1240. The van der Waals surface area contributed by atoms with Crippen molar-refractivity contribution < 1.29 is 19.5 Å². The third kappa shape index (κ3) is 6.16. The molecular weight excluding hydrogens is 523 g/mol. The molecule has 1 aliphatic rings. The smallest absolute Gasteiger partial charge is 0.324 e. The molecule has 0 saturated heterocycles. The van der Waals surface area contributed by atoms with E-state index in [0.717, 1.165) is 37.7 Å². The third-order valence-electron chi connectivity index (χ3n) is 5.92. The Hall–Kier alpha value is -3.14. The number of hydrogen-bond acceptors (Lipinski definition) is 5. The van der Waals surface area contributed by atoms with Crippen LogP contribution < -0.4 is 10.6 Å². The second-order valence-corrected chi connectivity index (χ2v) is 10.3. The number of amides is 3. The molecule has 8 nitrogen and oxygen atoms in total. The van der Waals surface area contributed by atoms with Crippen molar-refractivity contribution in [3.63, 3.8) is 0 Å². The van der Waals surface area contributed by atoms with Crippen molar-refractivity contribution >= 4 is 63.1 Å². The molecule has 2 aromatic heterocycles. The van der Waals surface area contributed by atoms with Crippen LogP contribution in [0.4, 0.5) is 15.5 Å². The Morgan fingerprint density at radius 3 is 2.42 bits per heavy atom. The largest absolute Gasteiger partial charge is 0.480 e. The number of carboxylic acids is 1. The van der Waals surface area contributed by atoms with Gasteiger partial charge in [-0.1, -0.05) is 54.6 Å². The summed E-state index contributed by atoms with van der Waals surface area (Å²) in [6.45, 7) is -0.414. The molecule has 2 heterocycles. The summed E-state index contributed by atoms with van der Waals surface area (Å²) >= 11 is 13.5. The summed E-state index contributed by atoms with van der Waals surface area (Å²) in [4.78, 5) is 44.5. The van der Waals surface area contributed by atoms with E-state index in [0.29, 0.717) is 4.88 Å². The molecule has 1 fully saturated rings. The van der Waals surface area contributed by atoms with Crippen molar-refractivity contribution in [2.24, 2.45) is 0 Å². The van der Waals surface area contributed by atoms with Crippen molar-refractivity contribution in [1.82, 2.24) is 9.88 Å². The molecule has 0 radical (unpaired) electrons. The van der Waals surface area contributed by atoms with Crippen LogP contribution in [-0.2, 0) is 4.79 Å². The van der Waals surface area contributed by atoms with Gasteiger partial charge in [0.15, 0.2) is 0 Å². The minimum absolute atomic E-state index is 0.173. The van der Waals surface area contributed by atoms with Gasteiger partial charge in [-0.25, -0.2) is 4.79 Å². The van der Waals surface area contributed by atoms with Crippen LogP contribution in [0, 0.1) is 0 Å². The molecule has 0 bridgehead atoms. The zero-order chi connectivity index (χ0) is 25.7. The Balaban J connectivity index is 1.67. The number of rotatable bonds is 7. The van der Waals surface area contributed by atoms with E-state index < -0.39 is 24.5 Å². The van der Waals surface area contributed by atoms with Gasteiger partial charge >= 0.3 is 12.0 Å². The molecule has 3 amide bonds. The first kappa shape index (κ1) is 25.9. The van der Waals surface area contributed by atoms with Gasteiger partial charge in [-0.3, -0.25) is 19.9 Å². The third-order valence-corrected chi connectivity index (χ3v) is 7.65. The quantitative estimate of drug-likeness (QED) is 0.308. The van der Waals surface area contributed by atoms with Crippen LogP contribution >= 0.6 is 34.5 Å². The van der Waals surface area contributed by atoms with Crippen LogP contribution in [0.5, 0.6) is 0 Å². The van der Waals surface area contributed by atoms with E-state index in [4.69, 9.17) is 23.2 Å². The van der Waals surface area contributed by atoms with Gasteiger partial charge < -0.3 is 15.3 Å². The number of hydrogen-bond donors (Lipinski definition) is 3. The van der Waals surface area contributed by atoms with Gasteiger partial charge in [-0.05, 0) is 37.1 Å². The van der Waals surface area contributed by atoms with E-state index in [9.17, 15) is 19.5 Å². The first-order chi connectivity index (χ1) is 17.3. The van der Waals surface area contributed by atoms with Gasteiger partial charge in [-0.15, -0.1) is 11.3 Å². The zero-order valence-corrected chi connectivity index (χ0v) is 21.5. The number of para-hydroxylation sites is 1. The first-order valence-corrected chi connectivity index (χ1v) is 13.0. The number of pyridine rings is 1. The predicted molar refractivity (Wildman–Crippen MR) is 142 cm³/mol. The molecule has 3 N–H and O–H groups in total. The Morgan fingerprint density at radius 1 is 1.06 bits per heavy atom. The number of aliphatic carboxylic acids is 1. The number of halogens is 2. The number of thiophene rings is 1. The predicted octanol–water partition coefficient (Wildman–Crippen LogP) is 6.62. The molecule has 188 valence electrons. The lowest BCUT2D eigenvalue weighted by molar-refractivity contribution is -0.138. The maximum Gasteiger partial charge on any atom is 0.324 e. The molecule has 0 aliphatic heterocycles. The molecule has 0 spiro atoms. The van der Waals surface area contributed by atoms with Gasteiger partial charge in [0, 0.05) is 28.9 Å². The molecule has 3 aromatic rings. The highest BCUT2D eigenvalue weighted by Gasteiger charge is 2.31. The lowest BCUT2D eigenvalue weighted by atomic mass is 9.93. The topological polar surface area (TPSA) is 112 Å². The molecule has 1 aliphatic carbocycles. The minimum Gasteiger partial charge on any atom is -0.480 e. The van der Waals surface area contributed by atoms with Crippen LogP contribution in [-0.4, -0.2) is 45.5 Å². The molecule has 0 unspecified atom stereocenters. The molecule has 0 atom stereocenters. The van der Waals surface area contributed by atoms with Crippen molar-refractivity contribution in [2.75, 3.05) is 17.2 Å². The Morgan fingerprint density at radius 2 is 1.78 bits per heavy atom. The number of urea groups is 1. The second-order valence-electron chi connectivity index (χ2n) is 8.39. The zero-order valence-electron chi connectivity index (χ0n) is 19.2. The minimum atomic E-state index is -1.09. The highest BCUT2D eigenvalue weighted by Crippen LogP contribution is 2.37. The van der Waals surface area contributed by atoms with E-state index in [1.807, 2.05) is 6.07 Å². The van der Waals surface area contributed by atoms with Gasteiger partial charge in [0.05, 0.1) is 21.3 Å². The van der Waals surface area contributed by atoms with Crippen LogP contribution in [0.1, 0.15) is 42.5 Å². The van der Waals surface area contributed by atoms with E-state index in [1.54, 1.807) is 42.7 Å². The molecular formula is C25H24Cl2N4O4S. The Kier molecular flexibility index (Phi) is 8.45. The lowest BCUT2D eigenvalue weighted by Gasteiger charge is -2.33. The second kappa shape index (κ2) is 11.7. The maximum absolute atomic E-state index is 13.7. The molecule has 1 saturated carbocycles. The maximum atomic E-state index is 13.7. The lowest BCUT2D eigenvalue weighted by Crippen LogP contribution is -2.44. The highest BCUT2D eigenvalue weighted by atomic mass is 35.5. The summed E-state index contributed by atoms with van der Waals surface area (Å²) in [6, 6.07) is 9.32. The average Bonchev–Trinajstić information content (AvgIpc) is 3.29. The summed E-state index contributed by atoms with van der Waals surface area (Å²) in [5, 5.41) is 15.7. The average molecular weight is 547 g/mol. The SMILES string of the molecule is O=C(O)CN(C(=O)c1cc(-c2cccnc2)sc1NC(=O)Nc1c(Cl)cccc1Cl)C1CCCCC1. The summed E-state index contributed by atoms with van der Waals surface area (Å²) in [7, 11) is 0. The summed E-state index contributed by atoms with van der Waals surface area (Å²) in [5.74, 6) is -1.53. The van der Waals surface area contributed by atoms with E-state index in [-0.39, 0.29) is 32.3 Å². The molecule has 11 heteroatoms. The van der Waals surface area contributed by atoms with Crippen LogP contribution in [0.25, 0.3) is 10.4 Å². The van der Waals surface area contributed by atoms with Crippen molar-refractivity contribution in [3.05, 3.63) is 64.4 Å². The van der Waals surface area contributed by atoms with Crippen LogP contribution in [0.15, 0.2) is 48.8 Å². The number of carboxylic acid groups (broad SMARTS) is 1. The monoisotopic (exact) mass is 546 g/mol. The van der Waals surface area contributed by atoms with Crippen molar-refractivity contribution in [2.45, 2.75) is 38.1 Å². The van der Waals surface area contributed by atoms with E-state index >= 15 is 0 Å². The molecule has 4 rings (SSSR count). The van der Waals surface area contributed by atoms with E-state index in [2.05, 4.69) is 15.6 Å². The van der Waals surface area contributed by atoms with Crippen molar-refractivity contribution in [3.8, 4) is 10.4 Å². The fourth-order valence-corrected chi connectivity index (χ4v) is 5.75. The van der Waals surface area contributed by atoms with E-state index in [1.165, 1.54) is 16.2 Å². The Labute approximate surface area is 222 Å². The summed E-state index contributed by atoms with van der Waals surface area (Å²) in [6.07, 6.45) is 7.71. The first-order valence-electron chi connectivity index (χ1n) is 11.4. The molecule has 1 aromatic carbocycles. The number of nitrogens with one attached hydrogen (secondary N) is 2. The van der Waals surface area contributed by atoms with Gasteiger partial charge in [0.25, 0.3) is 5.91 Å². The highest BCUT2D eigenvalue weighted by molar-refractivity contribution is 7.20. The number of nitrogens with zero attached hydrogens (tertiary/aromatic N) is 2. The van der Waals surface area contributed by atoms with Crippen molar-refractivity contribution in [1.29, 1.82) is 0 Å². The van der Waals surface area contributed by atoms with Crippen LogP contribution in [0.2, 0.25) is 10.0 Å². The number of aromatic nitrogens is 1. The number of anilines is 2. The number of carbonyl (C=O) groups excluding carboxylic acids is 2. The van der Waals surface area contributed by atoms with Crippen LogP contribution in [0.3, 0.4) is 0 Å². The summed E-state index contributed by atoms with van der Waals surface area (Å²) in [5.41, 5.74) is 1.22. The van der Waals surface area contributed by atoms with Gasteiger partial charge in [-0.2, -0.15) is 0 Å². The number of carbonyl (C=O) groups is 3. The normalized spacial score (nSPS) is 13.7.